The second-order valence-electron chi connectivity index (χ2n) is 8.45. The van der Waals surface area contributed by atoms with E-state index in [0.717, 1.165) is 23.4 Å². The van der Waals surface area contributed by atoms with Crippen LogP contribution in [-0.4, -0.2) is 44.3 Å². The van der Waals surface area contributed by atoms with Crippen molar-refractivity contribution in [1.82, 2.24) is 25.6 Å². The van der Waals surface area contributed by atoms with Crippen molar-refractivity contribution in [3.05, 3.63) is 57.9 Å². The molecule has 1 atom stereocenters. The standard InChI is InChI=1S/C22H25F2N5O2S2/c1-22(2,3)31-21(32)25-10-15(7-13-5-6-16(23)17(24)8-13)27-20(30)19-9-14(12-33-19)18-11-26-28-29(18)4/h5-6,8-9,11-12,15H,7,10H2,1-4H3,(H,25,32)(H,27,30). The Balaban J connectivity index is 1.73. The quantitative estimate of drug-likeness (QED) is 0.487. The third kappa shape index (κ3) is 7.03. The Kier molecular flexibility index (Phi) is 7.75. The van der Waals surface area contributed by atoms with Gasteiger partial charge in [-0.2, -0.15) is 0 Å². The molecule has 2 N–H and O–H groups in total. The van der Waals surface area contributed by atoms with Gasteiger partial charge in [0.25, 0.3) is 11.1 Å². The molecular formula is C22H25F2N5O2S2. The number of carbonyl (C=O) groups is 1. The Morgan fingerprint density at radius 3 is 2.67 bits per heavy atom. The summed E-state index contributed by atoms with van der Waals surface area (Å²) in [6.07, 6.45) is 1.88. The summed E-state index contributed by atoms with van der Waals surface area (Å²) >= 11 is 6.51. The van der Waals surface area contributed by atoms with Crippen LogP contribution in [0.2, 0.25) is 0 Å². The number of hydrogen-bond donors (Lipinski definition) is 2. The van der Waals surface area contributed by atoms with E-state index in [1.165, 1.54) is 17.4 Å². The summed E-state index contributed by atoms with van der Waals surface area (Å²) in [6.45, 7) is 5.85. The van der Waals surface area contributed by atoms with Crippen LogP contribution in [0.25, 0.3) is 11.3 Å². The number of nitrogens with one attached hydrogen (secondary N) is 2. The van der Waals surface area contributed by atoms with Gasteiger partial charge in [0.1, 0.15) is 5.60 Å². The molecule has 2 heterocycles. The van der Waals surface area contributed by atoms with E-state index < -0.39 is 23.3 Å². The molecule has 2 aromatic heterocycles. The van der Waals surface area contributed by atoms with E-state index in [2.05, 4.69) is 20.9 Å². The minimum absolute atomic E-state index is 0.189. The van der Waals surface area contributed by atoms with Gasteiger partial charge in [0, 0.05) is 24.5 Å². The zero-order valence-corrected chi connectivity index (χ0v) is 20.3. The van der Waals surface area contributed by atoms with Gasteiger partial charge in [-0.15, -0.1) is 16.4 Å². The molecule has 0 bridgehead atoms. The van der Waals surface area contributed by atoms with Crippen LogP contribution in [0.5, 0.6) is 0 Å². The van der Waals surface area contributed by atoms with Crippen LogP contribution < -0.4 is 10.6 Å². The van der Waals surface area contributed by atoms with Crippen molar-refractivity contribution in [2.45, 2.75) is 38.8 Å². The first kappa shape index (κ1) is 24.7. The SMILES string of the molecule is Cn1nncc1-c1csc(C(=O)NC(CNC(=S)OC(C)(C)C)Cc2ccc(F)c(F)c2)c1. The third-order valence-electron chi connectivity index (χ3n) is 4.53. The van der Waals surface area contributed by atoms with Crippen molar-refractivity contribution >= 4 is 34.6 Å². The maximum Gasteiger partial charge on any atom is 0.261 e. The molecule has 0 aliphatic heterocycles. The lowest BCUT2D eigenvalue weighted by Gasteiger charge is -2.24. The summed E-state index contributed by atoms with van der Waals surface area (Å²) in [6, 6.07) is 4.97. The summed E-state index contributed by atoms with van der Waals surface area (Å²) in [5.74, 6) is -2.16. The molecule has 1 amide bonds. The lowest BCUT2D eigenvalue weighted by atomic mass is 10.1. The van der Waals surface area contributed by atoms with Gasteiger partial charge in [-0.1, -0.05) is 11.3 Å². The molecule has 0 aliphatic carbocycles. The van der Waals surface area contributed by atoms with Gasteiger partial charge in [-0.3, -0.25) is 4.79 Å². The highest BCUT2D eigenvalue weighted by Gasteiger charge is 2.20. The van der Waals surface area contributed by atoms with E-state index in [1.54, 1.807) is 24.0 Å². The fourth-order valence-corrected chi connectivity index (χ4v) is 4.18. The Hall–Kier alpha value is -2.92. The highest BCUT2D eigenvalue weighted by atomic mass is 32.1. The number of halogens is 2. The normalized spacial score (nSPS) is 12.3. The van der Waals surface area contributed by atoms with E-state index in [-0.39, 0.29) is 24.0 Å². The number of nitrogens with zero attached hydrogens (tertiary/aromatic N) is 3. The molecule has 1 unspecified atom stereocenters. The summed E-state index contributed by atoms with van der Waals surface area (Å²) in [5, 5.41) is 15.7. The number of aromatic nitrogens is 3. The van der Waals surface area contributed by atoms with Crippen LogP contribution in [-0.2, 0) is 18.2 Å². The first-order valence-electron chi connectivity index (χ1n) is 10.2. The van der Waals surface area contributed by atoms with Gasteiger partial charge in [-0.25, -0.2) is 13.5 Å². The highest BCUT2D eigenvalue weighted by molar-refractivity contribution is 7.80. The van der Waals surface area contributed by atoms with Crippen LogP contribution in [0, 0.1) is 11.6 Å². The number of hydrogen-bond acceptors (Lipinski definition) is 6. The Labute approximate surface area is 200 Å². The van der Waals surface area contributed by atoms with E-state index in [4.69, 9.17) is 17.0 Å². The molecular weight excluding hydrogens is 468 g/mol. The highest BCUT2D eigenvalue weighted by Crippen LogP contribution is 2.24. The van der Waals surface area contributed by atoms with Gasteiger partial charge in [-0.05, 0) is 63.2 Å². The maximum absolute atomic E-state index is 13.7. The van der Waals surface area contributed by atoms with Crippen molar-refractivity contribution < 1.29 is 18.3 Å². The molecule has 0 radical (unpaired) electrons. The lowest BCUT2D eigenvalue weighted by Crippen LogP contribution is -2.45. The molecule has 0 spiro atoms. The summed E-state index contributed by atoms with van der Waals surface area (Å²) in [5.41, 5.74) is 1.68. The largest absolute Gasteiger partial charge is 0.465 e. The van der Waals surface area contributed by atoms with Crippen LogP contribution in [0.3, 0.4) is 0 Å². The Morgan fingerprint density at radius 2 is 2.03 bits per heavy atom. The molecule has 11 heteroatoms. The summed E-state index contributed by atoms with van der Waals surface area (Å²) < 4.78 is 34.2. The summed E-state index contributed by atoms with van der Waals surface area (Å²) in [7, 11) is 1.77. The van der Waals surface area contributed by atoms with E-state index in [1.807, 2.05) is 26.2 Å². The van der Waals surface area contributed by atoms with Gasteiger partial charge in [0.05, 0.1) is 22.8 Å². The second-order valence-corrected chi connectivity index (χ2v) is 9.73. The molecule has 176 valence electrons. The van der Waals surface area contributed by atoms with Gasteiger partial charge < -0.3 is 15.4 Å². The number of rotatable bonds is 7. The lowest BCUT2D eigenvalue weighted by molar-refractivity contribution is 0.0936. The van der Waals surface area contributed by atoms with Crippen molar-refractivity contribution in [3.8, 4) is 11.3 Å². The molecule has 0 saturated heterocycles. The number of amides is 1. The first-order chi connectivity index (χ1) is 15.5. The van der Waals surface area contributed by atoms with Crippen molar-refractivity contribution in [3.63, 3.8) is 0 Å². The predicted octanol–water partition coefficient (Wildman–Crippen LogP) is 3.85. The molecule has 3 rings (SSSR count). The predicted molar refractivity (Wildman–Crippen MR) is 127 cm³/mol. The van der Waals surface area contributed by atoms with Crippen LogP contribution in [0.15, 0.2) is 35.8 Å². The van der Waals surface area contributed by atoms with E-state index in [0.29, 0.717) is 10.4 Å². The van der Waals surface area contributed by atoms with Crippen molar-refractivity contribution in [1.29, 1.82) is 0 Å². The maximum atomic E-state index is 13.7. The molecule has 33 heavy (non-hydrogen) atoms. The molecule has 1 aromatic carbocycles. The Bertz CT molecular complexity index is 1140. The van der Waals surface area contributed by atoms with E-state index in [9.17, 15) is 13.6 Å². The zero-order chi connectivity index (χ0) is 24.2. The molecule has 0 saturated carbocycles. The molecule has 3 aromatic rings. The van der Waals surface area contributed by atoms with Gasteiger partial charge in [0.15, 0.2) is 11.6 Å². The molecule has 0 fully saturated rings. The second kappa shape index (κ2) is 10.3. The minimum atomic E-state index is -0.940. The molecule has 0 aliphatic rings. The van der Waals surface area contributed by atoms with Gasteiger partial charge in [0.2, 0.25) is 0 Å². The third-order valence-corrected chi connectivity index (χ3v) is 5.68. The Morgan fingerprint density at radius 1 is 1.27 bits per heavy atom. The molecule has 7 nitrogen and oxygen atoms in total. The topological polar surface area (TPSA) is 81.1 Å². The average molecular weight is 494 g/mol. The monoisotopic (exact) mass is 493 g/mol. The number of ether oxygens (including phenoxy) is 1. The number of aryl methyl sites for hydroxylation is 1. The fraction of sp³-hybridized carbons (Fsp3) is 0.364. The smallest absolute Gasteiger partial charge is 0.261 e. The number of thiophene rings is 1. The zero-order valence-electron chi connectivity index (χ0n) is 18.7. The minimum Gasteiger partial charge on any atom is -0.465 e. The van der Waals surface area contributed by atoms with Crippen molar-refractivity contribution in [2.24, 2.45) is 7.05 Å². The summed E-state index contributed by atoms with van der Waals surface area (Å²) in [4.78, 5) is 13.4. The number of thiocarbonyl (C=S) groups is 1. The van der Waals surface area contributed by atoms with Gasteiger partial charge >= 0.3 is 0 Å². The van der Waals surface area contributed by atoms with Crippen LogP contribution in [0.1, 0.15) is 36.0 Å². The fourth-order valence-electron chi connectivity index (χ4n) is 3.04. The van der Waals surface area contributed by atoms with Crippen LogP contribution in [0.4, 0.5) is 8.78 Å². The first-order valence-corrected chi connectivity index (χ1v) is 11.5. The van der Waals surface area contributed by atoms with Crippen molar-refractivity contribution in [2.75, 3.05) is 6.54 Å². The van der Waals surface area contributed by atoms with Crippen LogP contribution >= 0.6 is 23.6 Å². The number of benzene rings is 1. The number of carbonyl (C=O) groups excluding carboxylic acids is 1. The average Bonchev–Trinajstić information content (AvgIpc) is 3.36. The van der Waals surface area contributed by atoms with E-state index >= 15 is 0 Å².